The Kier molecular flexibility index (Phi) is 18.0. The van der Waals surface area contributed by atoms with Crippen molar-refractivity contribution in [3.63, 3.8) is 0 Å². The molecule has 0 radical (unpaired) electrons. The summed E-state index contributed by atoms with van der Waals surface area (Å²) in [6.45, 7) is 18.1. The quantitative estimate of drug-likeness (QED) is 0.0373. The number of hydrogen-bond acceptors (Lipinski definition) is 8. The average Bonchev–Trinajstić information content (AvgIpc) is 3.72. The van der Waals surface area contributed by atoms with Gasteiger partial charge in [0.1, 0.15) is 11.5 Å². The molecule has 376 valence electrons. The highest BCUT2D eigenvalue weighted by Gasteiger charge is 2.49. The fraction of sp³-hybridized carbons (Fsp3) is 0.391. The molecule has 0 saturated carbocycles. The molecule has 72 heavy (non-hydrogen) atoms. The average molecular weight is 965 g/mol. The first kappa shape index (κ1) is 51.7. The Balaban J connectivity index is 1.19. The Bertz CT molecular complexity index is 2800. The molecule has 1 aromatic heterocycles. The van der Waals surface area contributed by atoms with Crippen LogP contribution in [0.15, 0.2) is 133 Å². The number of anilines is 2. The summed E-state index contributed by atoms with van der Waals surface area (Å²) in [5.41, 5.74) is 10.8. The van der Waals surface area contributed by atoms with Gasteiger partial charge < -0.3 is 24.0 Å². The monoisotopic (exact) mass is 965 g/mol. The largest absolute Gasteiger partial charge is 0.494 e. The van der Waals surface area contributed by atoms with Gasteiger partial charge in [0, 0.05) is 70.9 Å². The normalized spacial score (nSPS) is 12.7. The molecular weight excluding hydrogens is 889 g/mol. The third-order valence-electron chi connectivity index (χ3n) is 14.4. The molecule has 6 aromatic carbocycles. The molecule has 8 rings (SSSR count). The SMILES string of the molecule is CCCCCCCCOc1cccc(-c2nc3cccc(-c4ccc5c(c4)C(=O)OC5(c4ccc(N(CC)CC)cc4)c4ccc(N(CC)CC)cc4)c3nc2-c2cccc(OCCCCCCCC)c2)c1. The minimum atomic E-state index is -1.15. The van der Waals surface area contributed by atoms with Gasteiger partial charge in [-0.05, 0) is 107 Å². The van der Waals surface area contributed by atoms with E-state index in [9.17, 15) is 4.79 Å². The molecule has 8 nitrogen and oxygen atoms in total. The molecule has 0 bridgehead atoms. The van der Waals surface area contributed by atoms with Gasteiger partial charge in [-0.2, -0.15) is 0 Å². The lowest BCUT2D eigenvalue weighted by molar-refractivity contribution is 0.0251. The van der Waals surface area contributed by atoms with Crippen LogP contribution in [0.5, 0.6) is 11.5 Å². The Morgan fingerprint density at radius 2 is 0.958 bits per heavy atom. The second-order valence-corrected chi connectivity index (χ2v) is 19.2. The minimum Gasteiger partial charge on any atom is -0.494 e. The summed E-state index contributed by atoms with van der Waals surface area (Å²) in [6, 6.07) is 45.8. The standard InChI is InChI=1S/C64H76N4O4/c1-7-13-15-17-19-21-42-70-54-28-23-26-48(44-54)60-61(49-27-24-29-55(45-49)71-43-22-20-18-16-14-8-2)66-62-56(30-25-31-59(62)65-60)47-32-41-58-57(46-47)63(69)72-64(58,50-33-37-52(38-34-50)67(9-3)10-4)51-35-39-53(40-36-51)68(11-5)12-6/h23-41,44-46H,7-22,42-43H2,1-6H3. The molecule has 1 aliphatic heterocycles. The molecule has 2 heterocycles. The van der Waals surface area contributed by atoms with E-state index in [0.29, 0.717) is 18.8 Å². The number of hydrogen-bond donors (Lipinski definition) is 0. The maximum atomic E-state index is 14.5. The van der Waals surface area contributed by atoms with Crippen LogP contribution in [0.2, 0.25) is 0 Å². The summed E-state index contributed by atoms with van der Waals surface area (Å²) in [5, 5.41) is 0. The van der Waals surface area contributed by atoms with Crippen molar-refractivity contribution in [2.75, 3.05) is 49.2 Å². The second-order valence-electron chi connectivity index (χ2n) is 19.2. The van der Waals surface area contributed by atoms with Gasteiger partial charge in [0.05, 0.1) is 41.2 Å². The van der Waals surface area contributed by atoms with E-state index >= 15 is 0 Å². The van der Waals surface area contributed by atoms with Crippen molar-refractivity contribution in [2.45, 2.75) is 124 Å². The van der Waals surface area contributed by atoms with E-state index in [2.05, 4.69) is 142 Å². The van der Waals surface area contributed by atoms with E-state index in [1.54, 1.807) is 0 Å². The summed E-state index contributed by atoms with van der Waals surface area (Å²) in [6.07, 6.45) is 14.5. The third-order valence-corrected chi connectivity index (χ3v) is 14.4. The van der Waals surface area contributed by atoms with Crippen molar-refractivity contribution in [3.05, 3.63) is 156 Å². The number of carbonyl (C=O) groups is 1. The van der Waals surface area contributed by atoms with Crippen LogP contribution in [0, 0.1) is 0 Å². The molecular formula is C64H76N4O4. The topological polar surface area (TPSA) is 77.0 Å². The Labute approximate surface area is 429 Å². The molecule has 0 aliphatic carbocycles. The number of unbranched alkanes of at least 4 members (excludes halogenated alkanes) is 10. The van der Waals surface area contributed by atoms with Crippen LogP contribution >= 0.6 is 0 Å². The van der Waals surface area contributed by atoms with E-state index in [-0.39, 0.29) is 5.97 Å². The molecule has 7 aromatic rings. The highest BCUT2D eigenvalue weighted by Crippen LogP contribution is 2.49. The smallest absolute Gasteiger partial charge is 0.340 e. The van der Waals surface area contributed by atoms with E-state index in [1.807, 2.05) is 42.5 Å². The summed E-state index contributed by atoms with van der Waals surface area (Å²) in [4.78, 5) is 30.1. The van der Waals surface area contributed by atoms with Crippen LogP contribution in [0.25, 0.3) is 44.7 Å². The fourth-order valence-electron chi connectivity index (χ4n) is 10.3. The molecule has 0 amide bonds. The molecule has 0 atom stereocenters. The highest BCUT2D eigenvalue weighted by atomic mass is 16.6. The van der Waals surface area contributed by atoms with Crippen molar-refractivity contribution in [2.24, 2.45) is 0 Å². The number of para-hydroxylation sites is 1. The van der Waals surface area contributed by atoms with Gasteiger partial charge in [-0.25, -0.2) is 14.8 Å². The van der Waals surface area contributed by atoms with Crippen molar-refractivity contribution in [1.29, 1.82) is 0 Å². The lowest BCUT2D eigenvalue weighted by atomic mass is 9.79. The zero-order chi connectivity index (χ0) is 50.3. The molecule has 0 spiro atoms. The van der Waals surface area contributed by atoms with Gasteiger partial charge in [-0.3, -0.25) is 0 Å². The minimum absolute atomic E-state index is 0.363. The van der Waals surface area contributed by atoms with Crippen LogP contribution in [-0.4, -0.2) is 55.3 Å². The van der Waals surface area contributed by atoms with E-state index in [0.717, 1.165) is 130 Å². The van der Waals surface area contributed by atoms with Crippen LogP contribution < -0.4 is 19.3 Å². The first-order valence-corrected chi connectivity index (χ1v) is 27.2. The number of esters is 1. The number of nitrogens with zero attached hydrogens (tertiary/aromatic N) is 4. The van der Waals surface area contributed by atoms with Gasteiger partial charge in [-0.15, -0.1) is 0 Å². The number of carbonyl (C=O) groups excluding carboxylic acids is 1. The number of benzene rings is 6. The Morgan fingerprint density at radius 1 is 0.472 bits per heavy atom. The predicted molar refractivity (Wildman–Crippen MR) is 299 cm³/mol. The maximum absolute atomic E-state index is 14.5. The molecule has 0 fully saturated rings. The number of ether oxygens (including phenoxy) is 3. The van der Waals surface area contributed by atoms with Crippen LogP contribution in [0.3, 0.4) is 0 Å². The Hall–Kier alpha value is -6.67. The van der Waals surface area contributed by atoms with Crippen molar-refractivity contribution < 1.29 is 19.0 Å². The lowest BCUT2D eigenvalue weighted by Crippen LogP contribution is -2.30. The van der Waals surface area contributed by atoms with Crippen LogP contribution in [0.4, 0.5) is 11.4 Å². The van der Waals surface area contributed by atoms with Crippen molar-refractivity contribution in [3.8, 4) is 45.1 Å². The first-order chi connectivity index (χ1) is 35.3. The number of cyclic esters (lactones) is 1. The summed E-state index contributed by atoms with van der Waals surface area (Å²) < 4.78 is 19.4. The van der Waals surface area contributed by atoms with Gasteiger partial charge in [0.15, 0.2) is 5.60 Å². The Morgan fingerprint density at radius 3 is 1.47 bits per heavy atom. The third kappa shape index (κ3) is 11.6. The predicted octanol–water partition coefficient (Wildman–Crippen LogP) is 16.3. The number of aromatic nitrogens is 2. The van der Waals surface area contributed by atoms with Gasteiger partial charge in [0.2, 0.25) is 0 Å². The summed E-state index contributed by atoms with van der Waals surface area (Å²) in [7, 11) is 0. The fourth-order valence-corrected chi connectivity index (χ4v) is 10.3. The molecule has 1 aliphatic rings. The van der Waals surface area contributed by atoms with Crippen molar-refractivity contribution in [1.82, 2.24) is 9.97 Å². The van der Waals surface area contributed by atoms with Gasteiger partial charge >= 0.3 is 5.97 Å². The molecule has 0 unspecified atom stereocenters. The van der Waals surface area contributed by atoms with E-state index in [4.69, 9.17) is 24.2 Å². The van der Waals surface area contributed by atoms with Gasteiger partial charge in [0.25, 0.3) is 0 Å². The summed E-state index contributed by atoms with van der Waals surface area (Å²) in [5.74, 6) is 1.27. The zero-order valence-corrected chi connectivity index (χ0v) is 43.9. The molecule has 0 saturated heterocycles. The summed E-state index contributed by atoms with van der Waals surface area (Å²) >= 11 is 0. The maximum Gasteiger partial charge on any atom is 0.340 e. The number of fused-ring (bicyclic) bond motifs is 2. The lowest BCUT2D eigenvalue weighted by Gasteiger charge is -2.32. The highest BCUT2D eigenvalue weighted by molar-refractivity contribution is 6.00. The number of rotatable bonds is 27. The molecule has 8 heteroatoms. The van der Waals surface area contributed by atoms with E-state index < -0.39 is 5.60 Å². The second kappa shape index (κ2) is 25.1. The van der Waals surface area contributed by atoms with Crippen LogP contribution in [-0.2, 0) is 10.3 Å². The zero-order valence-electron chi connectivity index (χ0n) is 43.9. The van der Waals surface area contributed by atoms with Crippen LogP contribution in [0.1, 0.15) is 146 Å². The molecule has 0 N–H and O–H groups in total. The first-order valence-electron chi connectivity index (χ1n) is 27.2. The van der Waals surface area contributed by atoms with Gasteiger partial charge in [-0.1, -0.05) is 151 Å². The van der Waals surface area contributed by atoms with Crippen molar-refractivity contribution >= 4 is 28.4 Å². The van der Waals surface area contributed by atoms with E-state index in [1.165, 1.54) is 57.8 Å².